The van der Waals surface area contributed by atoms with Gasteiger partial charge in [-0.2, -0.15) is 0 Å². The molecule has 7 nitrogen and oxygen atoms in total. The number of carbonyl (C=O) groups excluding carboxylic acids is 3. The maximum Gasteiger partial charge on any atom is 0.409 e. The molecule has 1 aliphatic rings. The first-order valence-electron chi connectivity index (χ1n) is 7.78. The molecule has 1 aromatic carbocycles. The fraction of sp³-hybridized carbons (Fsp3) is 0.438. The molecule has 24 heavy (non-hydrogen) atoms. The summed E-state index contributed by atoms with van der Waals surface area (Å²) in [5, 5.41) is 4.96. The van der Waals surface area contributed by atoms with E-state index in [2.05, 4.69) is 10.6 Å². The second-order valence-corrected chi connectivity index (χ2v) is 5.40. The molecule has 1 saturated heterocycles. The van der Waals surface area contributed by atoms with Crippen LogP contribution >= 0.6 is 0 Å². The Morgan fingerprint density at radius 3 is 2.58 bits per heavy atom. The third kappa shape index (κ3) is 4.94. The Kier molecular flexibility index (Phi) is 6.11. The molecule has 0 aromatic heterocycles. The van der Waals surface area contributed by atoms with E-state index in [-0.39, 0.29) is 17.8 Å². The fourth-order valence-corrected chi connectivity index (χ4v) is 2.43. The maximum absolute atomic E-state index is 13.1. The van der Waals surface area contributed by atoms with Gasteiger partial charge in [-0.05, 0) is 38.0 Å². The van der Waals surface area contributed by atoms with E-state index in [4.69, 9.17) is 4.74 Å². The van der Waals surface area contributed by atoms with Gasteiger partial charge in [-0.15, -0.1) is 0 Å². The van der Waals surface area contributed by atoms with Crippen molar-refractivity contribution < 1.29 is 23.5 Å². The Morgan fingerprint density at radius 1 is 1.25 bits per heavy atom. The number of hydrogen-bond acceptors (Lipinski definition) is 4. The number of rotatable bonds is 3. The predicted octanol–water partition coefficient (Wildman–Crippen LogP) is 1.50. The normalized spacial score (nSPS) is 14.8. The Hall–Kier alpha value is -2.64. The Morgan fingerprint density at radius 2 is 1.96 bits per heavy atom. The van der Waals surface area contributed by atoms with E-state index in [1.807, 2.05) is 0 Å². The molecule has 0 spiro atoms. The molecule has 3 amide bonds. The monoisotopic (exact) mass is 337 g/mol. The van der Waals surface area contributed by atoms with Crippen LogP contribution in [-0.2, 0) is 14.3 Å². The number of nitrogens with zero attached hydrogens (tertiary/aromatic N) is 1. The summed E-state index contributed by atoms with van der Waals surface area (Å²) >= 11 is 0. The molecule has 2 N–H and O–H groups in total. The van der Waals surface area contributed by atoms with Gasteiger partial charge in [0.05, 0.1) is 6.61 Å². The lowest BCUT2D eigenvalue weighted by Gasteiger charge is -2.31. The average molecular weight is 337 g/mol. The largest absolute Gasteiger partial charge is 0.450 e. The summed E-state index contributed by atoms with van der Waals surface area (Å²) < 4.78 is 18.0. The number of piperidine rings is 1. The van der Waals surface area contributed by atoms with Crippen molar-refractivity contribution in [1.82, 2.24) is 10.2 Å². The van der Waals surface area contributed by atoms with Crippen LogP contribution in [0, 0.1) is 5.82 Å². The quantitative estimate of drug-likeness (QED) is 0.818. The van der Waals surface area contributed by atoms with Gasteiger partial charge in [0.25, 0.3) is 0 Å². The van der Waals surface area contributed by atoms with E-state index in [0.717, 1.165) is 6.07 Å². The van der Waals surface area contributed by atoms with Gasteiger partial charge in [-0.1, -0.05) is 6.07 Å². The first-order chi connectivity index (χ1) is 11.5. The van der Waals surface area contributed by atoms with E-state index < -0.39 is 17.6 Å². The van der Waals surface area contributed by atoms with Crippen molar-refractivity contribution in [3.05, 3.63) is 30.1 Å². The summed E-state index contributed by atoms with van der Waals surface area (Å²) in [6.07, 6.45) is 0.710. The van der Waals surface area contributed by atoms with Crippen LogP contribution < -0.4 is 10.6 Å². The predicted molar refractivity (Wildman–Crippen MR) is 84.8 cm³/mol. The van der Waals surface area contributed by atoms with Crippen molar-refractivity contribution in [1.29, 1.82) is 0 Å². The number of amides is 3. The molecule has 0 radical (unpaired) electrons. The number of ether oxygens (including phenoxy) is 1. The number of likely N-dealkylation sites (tertiary alicyclic amines) is 1. The van der Waals surface area contributed by atoms with Crippen LogP contribution in [0.4, 0.5) is 14.9 Å². The molecule has 0 saturated carbocycles. The Bertz CT molecular complexity index is 615. The van der Waals surface area contributed by atoms with Crippen LogP contribution in [0.15, 0.2) is 24.3 Å². The van der Waals surface area contributed by atoms with E-state index in [1.54, 1.807) is 11.8 Å². The number of halogens is 1. The van der Waals surface area contributed by atoms with E-state index in [9.17, 15) is 18.8 Å². The summed E-state index contributed by atoms with van der Waals surface area (Å²) in [5.74, 6) is -2.14. The van der Waals surface area contributed by atoms with Crippen molar-refractivity contribution >= 4 is 23.6 Å². The SMILES string of the molecule is CCOC(=O)N1CCC(NC(=O)C(=O)Nc2cccc(F)c2)CC1. The van der Waals surface area contributed by atoms with Crippen molar-refractivity contribution in [3.63, 3.8) is 0 Å². The van der Waals surface area contributed by atoms with Gasteiger partial charge < -0.3 is 20.3 Å². The molecular weight excluding hydrogens is 317 g/mol. The van der Waals surface area contributed by atoms with E-state index >= 15 is 0 Å². The Labute approximate surface area is 139 Å². The second kappa shape index (κ2) is 8.28. The molecule has 8 heteroatoms. The maximum atomic E-state index is 13.1. The van der Waals surface area contributed by atoms with E-state index in [1.165, 1.54) is 18.2 Å². The molecule has 2 rings (SSSR count). The van der Waals surface area contributed by atoms with Gasteiger partial charge in [-0.3, -0.25) is 9.59 Å². The minimum atomic E-state index is -0.853. The van der Waals surface area contributed by atoms with Crippen LogP contribution in [0.2, 0.25) is 0 Å². The first kappa shape index (κ1) is 17.7. The van der Waals surface area contributed by atoms with Crippen LogP contribution in [0.3, 0.4) is 0 Å². The summed E-state index contributed by atoms with van der Waals surface area (Å²) in [4.78, 5) is 36.9. The molecule has 0 aliphatic carbocycles. The van der Waals surface area contributed by atoms with Crippen molar-refractivity contribution in [3.8, 4) is 0 Å². The molecule has 130 valence electrons. The summed E-state index contributed by atoms with van der Waals surface area (Å²) in [7, 11) is 0. The third-order valence-electron chi connectivity index (χ3n) is 3.64. The van der Waals surface area contributed by atoms with Gasteiger partial charge >= 0.3 is 17.9 Å². The summed E-state index contributed by atoms with van der Waals surface area (Å²) in [6, 6.07) is 5.11. The zero-order valence-electron chi connectivity index (χ0n) is 13.4. The van der Waals surface area contributed by atoms with Crippen molar-refractivity contribution in [2.75, 3.05) is 25.0 Å². The van der Waals surface area contributed by atoms with Crippen LogP contribution in [-0.4, -0.2) is 48.5 Å². The summed E-state index contributed by atoms with van der Waals surface area (Å²) in [6.45, 7) is 2.96. The lowest BCUT2D eigenvalue weighted by molar-refractivity contribution is -0.136. The number of hydrogen-bond donors (Lipinski definition) is 2. The highest BCUT2D eigenvalue weighted by molar-refractivity contribution is 6.39. The Balaban J connectivity index is 1.78. The zero-order chi connectivity index (χ0) is 17.5. The van der Waals surface area contributed by atoms with Crippen molar-refractivity contribution in [2.45, 2.75) is 25.8 Å². The summed E-state index contributed by atoms with van der Waals surface area (Å²) in [5.41, 5.74) is 0.215. The highest BCUT2D eigenvalue weighted by atomic mass is 19.1. The number of carbonyl (C=O) groups is 3. The van der Waals surface area contributed by atoms with Gasteiger partial charge in [0.2, 0.25) is 0 Å². The lowest BCUT2D eigenvalue weighted by atomic mass is 10.1. The minimum absolute atomic E-state index is 0.193. The molecule has 0 unspecified atom stereocenters. The van der Waals surface area contributed by atoms with Gasteiger partial charge in [-0.25, -0.2) is 9.18 Å². The van der Waals surface area contributed by atoms with Gasteiger partial charge in [0.15, 0.2) is 0 Å². The first-order valence-corrected chi connectivity index (χ1v) is 7.78. The molecule has 1 heterocycles. The van der Waals surface area contributed by atoms with Crippen molar-refractivity contribution in [2.24, 2.45) is 0 Å². The topological polar surface area (TPSA) is 87.7 Å². The highest BCUT2D eigenvalue weighted by Gasteiger charge is 2.26. The van der Waals surface area contributed by atoms with E-state index in [0.29, 0.717) is 32.5 Å². The van der Waals surface area contributed by atoms with Crippen LogP contribution in [0.5, 0.6) is 0 Å². The highest BCUT2D eigenvalue weighted by Crippen LogP contribution is 2.12. The van der Waals surface area contributed by atoms with Gasteiger partial charge in [0.1, 0.15) is 5.82 Å². The number of nitrogens with one attached hydrogen (secondary N) is 2. The smallest absolute Gasteiger partial charge is 0.409 e. The van der Waals surface area contributed by atoms with Crippen LogP contribution in [0.25, 0.3) is 0 Å². The third-order valence-corrected chi connectivity index (χ3v) is 3.64. The number of benzene rings is 1. The minimum Gasteiger partial charge on any atom is -0.450 e. The fourth-order valence-electron chi connectivity index (χ4n) is 2.43. The standard InChI is InChI=1S/C16H20FN3O4/c1-2-24-16(23)20-8-6-12(7-9-20)18-14(21)15(22)19-13-5-3-4-11(17)10-13/h3-5,10,12H,2,6-9H2,1H3,(H,18,21)(H,19,22). The molecule has 0 bridgehead atoms. The lowest BCUT2D eigenvalue weighted by Crippen LogP contribution is -2.49. The average Bonchev–Trinajstić information content (AvgIpc) is 2.55. The second-order valence-electron chi connectivity index (χ2n) is 5.40. The zero-order valence-corrected chi connectivity index (χ0v) is 13.4. The molecule has 1 aromatic rings. The molecule has 0 atom stereocenters. The molecule has 1 aliphatic heterocycles. The van der Waals surface area contributed by atoms with Gasteiger partial charge in [0, 0.05) is 24.8 Å². The molecule has 1 fully saturated rings. The molecular formula is C16H20FN3O4. The number of anilines is 1. The van der Waals surface area contributed by atoms with Crippen LogP contribution in [0.1, 0.15) is 19.8 Å².